The Morgan fingerprint density at radius 2 is 0.642 bits per heavy atom. The van der Waals surface area contributed by atoms with Crippen molar-refractivity contribution < 1.29 is 0 Å². The molecule has 0 bridgehead atoms. The van der Waals surface area contributed by atoms with Crippen LogP contribution in [0.1, 0.15) is 0 Å². The zero-order chi connectivity index (χ0) is 44.3. The van der Waals surface area contributed by atoms with Crippen LogP contribution in [0.3, 0.4) is 0 Å². The number of para-hydroxylation sites is 2. The van der Waals surface area contributed by atoms with Crippen molar-refractivity contribution in [1.29, 1.82) is 0 Å². The number of aromatic nitrogens is 3. The predicted molar refractivity (Wildman–Crippen MR) is 279 cm³/mol. The summed E-state index contributed by atoms with van der Waals surface area (Å²) in [6.07, 6.45) is 0. The van der Waals surface area contributed by atoms with E-state index in [-0.39, 0.29) is 0 Å². The summed E-state index contributed by atoms with van der Waals surface area (Å²) in [6, 6.07) is 89.7. The van der Waals surface area contributed by atoms with Gasteiger partial charge in [-0.2, -0.15) is 0 Å². The van der Waals surface area contributed by atoms with Crippen LogP contribution in [0.4, 0.5) is 0 Å². The van der Waals surface area contributed by atoms with E-state index in [1.165, 1.54) is 77.4 Å². The summed E-state index contributed by atoms with van der Waals surface area (Å²) in [5.74, 6) is 0.706. The van der Waals surface area contributed by atoms with Gasteiger partial charge >= 0.3 is 0 Å². The first-order valence-electron chi connectivity index (χ1n) is 22.9. The van der Waals surface area contributed by atoms with Gasteiger partial charge in [-0.25, -0.2) is 9.97 Å². The van der Waals surface area contributed by atoms with Crippen LogP contribution < -0.4 is 0 Å². The van der Waals surface area contributed by atoms with E-state index in [0.29, 0.717) is 5.82 Å². The fourth-order valence-electron chi connectivity index (χ4n) is 10.2. The molecular formula is C64H41N3. The van der Waals surface area contributed by atoms with Gasteiger partial charge in [-0.1, -0.05) is 200 Å². The Hall–Kier alpha value is -8.92. The Bertz CT molecular complexity index is 3750. The lowest BCUT2D eigenvalue weighted by Gasteiger charge is -2.24. The molecule has 0 saturated heterocycles. The van der Waals surface area contributed by atoms with Gasteiger partial charge in [-0.05, 0) is 115 Å². The van der Waals surface area contributed by atoms with Gasteiger partial charge in [0.05, 0.1) is 22.4 Å². The third-order valence-electron chi connectivity index (χ3n) is 13.4. The number of benzene rings is 10. The Balaban J connectivity index is 0.946. The van der Waals surface area contributed by atoms with Crippen molar-refractivity contribution in [1.82, 2.24) is 14.5 Å². The summed E-state index contributed by atoms with van der Waals surface area (Å²) in [4.78, 5) is 10.2. The van der Waals surface area contributed by atoms with Gasteiger partial charge in [-0.15, -0.1) is 0 Å². The molecule has 12 aromatic rings. The largest absolute Gasteiger partial charge is 0.309 e. The first kappa shape index (κ1) is 38.5. The minimum absolute atomic E-state index is 0.706. The van der Waals surface area contributed by atoms with Crippen molar-refractivity contribution in [3.05, 3.63) is 249 Å². The highest BCUT2D eigenvalue weighted by Gasteiger charge is 2.23. The van der Waals surface area contributed by atoms with Gasteiger partial charge in [0, 0.05) is 33.2 Å². The normalized spacial score (nSPS) is 11.6. The van der Waals surface area contributed by atoms with E-state index in [1.54, 1.807) is 0 Å². The maximum Gasteiger partial charge on any atom is 0.160 e. The lowest BCUT2D eigenvalue weighted by molar-refractivity contribution is 1.18. The summed E-state index contributed by atoms with van der Waals surface area (Å²) in [7, 11) is 0. The molecule has 13 rings (SSSR count). The SMILES string of the molecule is c1ccc(-c2cc(-c3cccc(-c4ccc5c(c4)-c4ccccc4-c4ccccc4-c4cc(-c6cccc(-n7c8ccccc8c8ccccc87)c6)ccc4-5)c3)nc(-c3ccccc3)n2)cc1. The van der Waals surface area contributed by atoms with Crippen molar-refractivity contribution in [2.75, 3.05) is 0 Å². The number of hydrogen-bond acceptors (Lipinski definition) is 2. The highest BCUT2D eigenvalue weighted by atomic mass is 15.0. The van der Waals surface area contributed by atoms with Crippen LogP contribution in [0, 0.1) is 0 Å². The monoisotopic (exact) mass is 851 g/mol. The first-order valence-corrected chi connectivity index (χ1v) is 22.9. The molecule has 0 atom stereocenters. The standard InChI is InChI=1S/C64H41N3/c1-3-17-42(18-4-1)60-41-61(66-64(65-60)43-19-5-2-6-20-43)48-23-15-21-44(37-48)46-33-35-54-55-36-34-47(40-59(55)53-28-10-8-26-51(53)50-25-7-9-27-52(50)58(54)39-46)45-22-16-24-49(38-45)67-62-31-13-11-29-56(62)57-30-12-14-32-63(57)67/h1-41H. The van der Waals surface area contributed by atoms with Gasteiger partial charge in [0.15, 0.2) is 5.82 Å². The topological polar surface area (TPSA) is 30.7 Å². The molecule has 1 aliphatic carbocycles. The minimum atomic E-state index is 0.706. The van der Waals surface area contributed by atoms with Crippen LogP contribution in [0.2, 0.25) is 0 Å². The van der Waals surface area contributed by atoms with Crippen molar-refractivity contribution in [2.45, 2.75) is 0 Å². The van der Waals surface area contributed by atoms with Crippen LogP contribution in [-0.4, -0.2) is 14.5 Å². The fraction of sp³-hybridized carbons (Fsp3) is 0. The molecule has 3 nitrogen and oxygen atoms in total. The molecule has 0 unspecified atom stereocenters. The number of rotatable bonds is 6. The van der Waals surface area contributed by atoms with Gasteiger partial charge < -0.3 is 4.57 Å². The molecule has 0 radical (unpaired) electrons. The minimum Gasteiger partial charge on any atom is -0.309 e. The average molecular weight is 852 g/mol. The number of nitrogens with zero attached hydrogens (tertiary/aromatic N) is 3. The molecule has 2 heterocycles. The fourth-order valence-corrected chi connectivity index (χ4v) is 10.2. The highest BCUT2D eigenvalue weighted by molar-refractivity contribution is 6.09. The third kappa shape index (κ3) is 6.67. The Morgan fingerprint density at radius 3 is 1.22 bits per heavy atom. The molecule has 2 aromatic heterocycles. The van der Waals surface area contributed by atoms with Crippen molar-refractivity contribution in [3.63, 3.8) is 0 Å². The smallest absolute Gasteiger partial charge is 0.160 e. The van der Waals surface area contributed by atoms with Gasteiger partial charge in [-0.3, -0.25) is 0 Å². The summed E-state index contributed by atoms with van der Waals surface area (Å²) in [5, 5.41) is 2.52. The van der Waals surface area contributed by atoms with Gasteiger partial charge in [0.25, 0.3) is 0 Å². The number of fused-ring (bicyclic) bond motifs is 11. The zero-order valence-electron chi connectivity index (χ0n) is 36.5. The molecule has 0 saturated carbocycles. The quantitative estimate of drug-likeness (QED) is 0.167. The lowest BCUT2D eigenvalue weighted by atomic mass is 9.79. The van der Waals surface area contributed by atoms with Crippen molar-refractivity contribution in [2.24, 2.45) is 0 Å². The molecule has 0 fully saturated rings. The molecule has 67 heavy (non-hydrogen) atoms. The second kappa shape index (κ2) is 16.0. The molecule has 312 valence electrons. The lowest BCUT2D eigenvalue weighted by Crippen LogP contribution is -1.98. The Kier molecular flexibility index (Phi) is 9.17. The predicted octanol–water partition coefficient (Wildman–Crippen LogP) is 16.9. The van der Waals surface area contributed by atoms with Crippen molar-refractivity contribution >= 4 is 21.8 Å². The van der Waals surface area contributed by atoms with Crippen LogP contribution >= 0.6 is 0 Å². The third-order valence-corrected chi connectivity index (χ3v) is 13.4. The first-order chi connectivity index (χ1) is 33.2. The maximum atomic E-state index is 5.16. The summed E-state index contributed by atoms with van der Waals surface area (Å²) in [5.41, 5.74) is 22.8. The van der Waals surface area contributed by atoms with E-state index >= 15 is 0 Å². The Morgan fingerprint density at radius 1 is 0.239 bits per heavy atom. The molecule has 0 spiro atoms. The average Bonchev–Trinajstić information content (AvgIpc) is 3.75. The molecule has 3 heteroatoms. The molecule has 0 amide bonds. The van der Waals surface area contributed by atoms with Crippen LogP contribution in [0.15, 0.2) is 249 Å². The molecular weight excluding hydrogens is 811 g/mol. The van der Waals surface area contributed by atoms with Crippen LogP contribution in [0.5, 0.6) is 0 Å². The molecule has 0 N–H and O–H groups in total. The van der Waals surface area contributed by atoms with E-state index in [2.05, 4.69) is 229 Å². The molecule has 0 aliphatic heterocycles. The summed E-state index contributed by atoms with van der Waals surface area (Å²) >= 11 is 0. The summed E-state index contributed by atoms with van der Waals surface area (Å²) in [6.45, 7) is 0. The van der Waals surface area contributed by atoms with Crippen LogP contribution in [-0.2, 0) is 0 Å². The van der Waals surface area contributed by atoms with E-state index in [4.69, 9.17) is 9.97 Å². The summed E-state index contributed by atoms with van der Waals surface area (Å²) < 4.78 is 2.40. The molecule has 10 aromatic carbocycles. The van der Waals surface area contributed by atoms with E-state index in [0.717, 1.165) is 44.9 Å². The van der Waals surface area contributed by atoms with Crippen LogP contribution in [0.25, 0.3) is 128 Å². The Labute approximate surface area is 389 Å². The van der Waals surface area contributed by atoms with E-state index in [9.17, 15) is 0 Å². The van der Waals surface area contributed by atoms with Gasteiger partial charge in [0.2, 0.25) is 0 Å². The van der Waals surface area contributed by atoms with E-state index in [1.807, 2.05) is 24.3 Å². The number of hydrogen-bond donors (Lipinski definition) is 0. The second-order valence-electron chi connectivity index (χ2n) is 17.3. The zero-order valence-corrected chi connectivity index (χ0v) is 36.5. The highest BCUT2D eigenvalue weighted by Crippen LogP contribution is 2.49. The van der Waals surface area contributed by atoms with Gasteiger partial charge in [0.1, 0.15) is 0 Å². The second-order valence-corrected chi connectivity index (χ2v) is 17.3. The van der Waals surface area contributed by atoms with E-state index < -0.39 is 0 Å². The van der Waals surface area contributed by atoms with Crippen molar-refractivity contribution in [3.8, 4) is 106 Å². The maximum absolute atomic E-state index is 5.16. The molecule has 1 aliphatic rings.